The fraction of sp³-hybridized carbons (Fsp3) is 0.467. The SMILES string of the molecule is CCS(=O)(=O)NCc1ccc(CN2C(=O)NC(C)(C)C2=O)cc1. The van der Waals surface area contributed by atoms with E-state index in [1.54, 1.807) is 45.0 Å². The van der Waals surface area contributed by atoms with E-state index in [-0.39, 0.29) is 24.7 Å². The summed E-state index contributed by atoms with van der Waals surface area (Å²) in [5.74, 6) is -0.227. The van der Waals surface area contributed by atoms with Gasteiger partial charge in [-0.3, -0.25) is 9.69 Å². The summed E-state index contributed by atoms with van der Waals surface area (Å²) >= 11 is 0. The lowest BCUT2D eigenvalue weighted by atomic mass is 10.1. The number of benzene rings is 1. The molecule has 126 valence electrons. The van der Waals surface area contributed by atoms with Crippen molar-refractivity contribution in [3.8, 4) is 0 Å². The third kappa shape index (κ3) is 4.08. The lowest BCUT2D eigenvalue weighted by Gasteiger charge is -2.16. The number of hydrogen-bond acceptors (Lipinski definition) is 4. The minimum Gasteiger partial charge on any atom is -0.324 e. The Balaban J connectivity index is 2.01. The van der Waals surface area contributed by atoms with Crippen molar-refractivity contribution in [3.05, 3.63) is 35.4 Å². The van der Waals surface area contributed by atoms with E-state index in [0.29, 0.717) is 0 Å². The summed E-state index contributed by atoms with van der Waals surface area (Å²) in [7, 11) is -3.23. The van der Waals surface area contributed by atoms with Crippen LogP contribution in [0.2, 0.25) is 0 Å². The van der Waals surface area contributed by atoms with Crippen LogP contribution in [-0.4, -0.2) is 36.5 Å². The van der Waals surface area contributed by atoms with Gasteiger partial charge in [0.25, 0.3) is 5.91 Å². The normalized spacial score (nSPS) is 17.4. The van der Waals surface area contributed by atoms with Crippen LogP contribution < -0.4 is 10.0 Å². The molecule has 8 heteroatoms. The summed E-state index contributed by atoms with van der Waals surface area (Å²) < 4.78 is 25.3. The summed E-state index contributed by atoms with van der Waals surface area (Å²) in [6.45, 7) is 5.30. The van der Waals surface area contributed by atoms with E-state index in [0.717, 1.165) is 11.1 Å². The molecule has 0 spiro atoms. The van der Waals surface area contributed by atoms with Crippen LogP contribution in [-0.2, 0) is 27.9 Å². The minimum atomic E-state index is -3.23. The number of carbonyl (C=O) groups is 2. The molecule has 0 aliphatic carbocycles. The van der Waals surface area contributed by atoms with E-state index in [9.17, 15) is 18.0 Å². The molecule has 0 unspecified atom stereocenters. The third-order valence-corrected chi connectivity index (χ3v) is 5.03. The minimum absolute atomic E-state index is 0.0348. The quantitative estimate of drug-likeness (QED) is 0.755. The molecule has 1 aliphatic rings. The molecule has 1 heterocycles. The first-order valence-electron chi connectivity index (χ1n) is 7.34. The Morgan fingerprint density at radius 3 is 2.17 bits per heavy atom. The van der Waals surface area contributed by atoms with E-state index in [4.69, 9.17) is 0 Å². The lowest BCUT2D eigenvalue weighted by molar-refractivity contribution is -0.130. The monoisotopic (exact) mass is 339 g/mol. The number of hydrogen-bond donors (Lipinski definition) is 2. The van der Waals surface area contributed by atoms with Crippen molar-refractivity contribution in [3.63, 3.8) is 0 Å². The van der Waals surface area contributed by atoms with Crippen LogP contribution in [0.5, 0.6) is 0 Å². The van der Waals surface area contributed by atoms with Crippen LogP contribution in [0.1, 0.15) is 31.9 Å². The van der Waals surface area contributed by atoms with Gasteiger partial charge in [-0.05, 0) is 31.9 Å². The molecular weight excluding hydrogens is 318 g/mol. The molecule has 3 amide bonds. The molecule has 23 heavy (non-hydrogen) atoms. The number of rotatable bonds is 6. The van der Waals surface area contributed by atoms with Gasteiger partial charge in [-0.25, -0.2) is 17.9 Å². The number of urea groups is 1. The summed E-state index contributed by atoms with van der Waals surface area (Å²) in [4.78, 5) is 25.1. The van der Waals surface area contributed by atoms with Gasteiger partial charge in [-0.1, -0.05) is 24.3 Å². The zero-order valence-corrected chi connectivity index (χ0v) is 14.2. The van der Waals surface area contributed by atoms with Crippen molar-refractivity contribution in [1.82, 2.24) is 14.9 Å². The van der Waals surface area contributed by atoms with Gasteiger partial charge in [0.2, 0.25) is 10.0 Å². The maximum atomic E-state index is 12.1. The van der Waals surface area contributed by atoms with Crippen molar-refractivity contribution < 1.29 is 18.0 Å². The average Bonchev–Trinajstić information content (AvgIpc) is 2.68. The molecule has 0 aromatic heterocycles. The second-order valence-electron chi connectivity index (χ2n) is 5.99. The first-order valence-corrected chi connectivity index (χ1v) is 8.99. The van der Waals surface area contributed by atoms with E-state index in [1.807, 2.05) is 0 Å². The van der Waals surface area contributed by atoms with Crippen molar-refractivity contribution in [2.75, 3.05) is 5.75 Å². The molecule has 0 bridgehead atoms. The Hall–Kier alpha value is -1.93. The highest BCUT2D eigenvalue weighted by Crippen LogP contribution is 2.19. The zero-order valence-electron chi connectivity index (χ0n) is 13.4. The summed E-state index contributed by atoms with van der Waals surface area (Å²) in [6.07, 6.45) is 0. The number of imide groups is 1. The molecule has 1 aromatic rings. The van der Waals surface area contributed by atoms with Crippen molar-refractivity contribution in [2.45, 2.75) is 39.4 Å². The lowest BCUT2D eigenvalue weighted by Crippen LogP contribution is -2.40. The number of amides is 3. The third-order valence-electron chi connectivity index (χ3n) is 3.68. The highest BCUT2D eigenvalue weighted by molar-refractivity contribution is 7.89. The van der Waals surface area contributed by atoms with Gasteiger partial charge in [0.15, 0.2) is 0 Å². The molecule has 1 aliphatic heterocycles. The Kier molecular flexibility index (Phi) is 4.76. The highest BCUT2D eigenvalue weighted by Gasteiger charge is 2.43. The van der Waals surface area contributed by atoms with Crippen LogP contribution in [0.3, 0.4) is 0 Å². The van der Waals surface area contributed by atoms with Crippen molar-refractivity contribution in [1.29, 1.82) is 0 Å². The predicted molar refractivity (Wildman–Crippen MR) is 85.9 cm³/mol. The average molecular weight is 339 g/mol. The van der Waals surface area contributed by atoms with Crippen LogP contribution in [0.4, 0.5) is 4.79 Å². The van der Waals surface area contributed by atoms with Crippen LogP contribution in [0.25, 0.3) is 0 Å². The molecule has 2 N–H and O–H groups in total. The van der Waals surface area contributed by atoms with Gasteiger partial charge in [0.1, 0.15) is 5.54 Å². The van der Waals surface area contributed by atoms with Crippen LogP contribution >= 0.6 is 0 Å². The summed E-state index contributed by atoms with van der Waals surface area (Å²) in [5.41, 5.74) is 0.728. The molecule has 1 aromatic carbocycles. The molecule has 0 saturated carbocycles. The standard InChI is InChI=1S/C15H21N3O4S/c1-4-23(21,22)16-9-11-5-7-12(8-6-11)10-18-13(19)15(2,3)17-14(18)20/h5-8,16H,4,9-10H2,1-3H3,(H,17,20). The number of nitrogens with one attached hydrogen (secondary N) is 2. The Morgan fingerprint density at radius 2 is 1.70 bits per heavy atom. The molecule has 0 radical (unpaired) electrons. The maximum Gasteiger partial charge on any atom is 0.325 e. The summed E-state index contributed by atoms with van der Waals surface area (Å²) in [6, 6.07) is 6.71. The second-order valence-corrected chi connectivity index (χ2v) is 8.08. The first-order chi connectivity index (χ1) is 10.6. The highest BCUT2D eigenvalue weighted by atomic mass is 32.2. The number of nitrogens with zero attached hydrogens (tertiary/aromatic N) is 1. The molecule has 0 atom stereocenters. The Morgan fingerprint density at radius 1 is 1.13 bits per heavy atom. The smallest absolute Gasteiger partial charge is 0.324 e. The Labute approximate surface area is 136 Å². The largest absolute Gasteiger partial charge is 0.325 e. The number of carbonyl (C=O) groups excluding carboxylic acids is 2. The van der Waals surface area contributed by atoms with Gasteiger partial charge in [0, 0.05) is 6.54 Å². The maximum absolute atomic E-state index is 12.1. The summed E-state index contributed by atoms with van der Waals surface area (Å²) in [5, 5.41) is 2.63. The van der Waals surface area contributed by atoms with Crippen LogP contribution in [0, 0.1) is 0 Å². The predicted octanol–water partition coefficient (Wildman–Crippen LogP) is 0.956. The molecule has 2 rings (SSSR count). The topological polar surface area (TPSA) is 95.6 Å². The van der Waals surface area contributed by atoms with E-state index in [1.165, 1.54) is 4.90 Å². The molecule has 1 fully saturated rings. The number of sulfonamides is 1. The van der Waals surface area contributed by atoms with Gasteiger partial charge < -0.3 is 5.32 Å². The molecule has 7 nitrogen and oxygen atoms in total. The second kappa shape index (κ2) is 6.29. The van der Waals surface area contributed by atoms with Gasteiger partial charge in [-0.15, -0.1) is 0 Å². The van der Waals surface area contributed by atoms with Gasteiger partial charge in [0.05, 0.1) is 12.3 Å². The zero-order chi connectivity index (χ0) is 17.3. The van der Waals surface area contributed by atoms with Crippen molar-refractivity contribution in [2.24, 2.45) is 0 Å². The van der Waals surface area contributed by atoms with E-state index < -0.39 is 21.6 Å². The van der Waals surface area contributed by atoms with E-state index >= 15 is 0 Å². The first kappa shape index (κ1) is 17.4. The van der Waals surface area contributed by atoms with E-state index in [2.05, 4.69) is 10.0 Å². The fourth-order valence-electron chi connectivity index (χ4n) is 2.20. The molecule has 1 saturated heterocycles. The Bertz CT molecular complexity index is 711. The van der Waals surface area contributed by atoms with Crippen molar-refractivity contribution >= 4 is 22.0 Å². The van der Waals surface area contributed by atoms with Crippen LogP contribution in [0.15, 0.2) is 24.3 Å². The molecular formula is C15H21N3O4S. The fourth-order valence-corrected chi connectivity index (χ4v) is 2.79. The van der Waals surface area contributed by atoms with Gasteiger partial charge in [-0.2, -0.15) is 0 Å². The van der Waals surface area contributed by atoms with Gasteiger partial charge >= 0.3 is 6.03 Å².